The Labute approximate surface area is 135 Å². The summed E-state index contributed by atoms with van der Waals surface area (Å²) in [7, 11) is 0. The molecule has 122 valence electrons. The van der Waals surface area contributed by atoms with E-state index >= 15 is 0 Å². The number of carbonyl (C=O) groups is 2. The van der Waals surface area contributed by atoms with Crippen molar-refractivity contribution in [3.63, 3.8) is 0 Å². The van der Waals surface area contributed by atoms with Gasteiger partial charge in [0.05, 0.1) is 5.56 Å². The molecule has 2 aliphatic heterocycles. The van der Waals surface area contributed by atoms with Crippen molar-refractivity contribution >= 4 is 22.8 Å². The van der Waals surface area contributed by atoms with Crippen molar-refractivity contribution in [1.29, 1.82) is 0 Å². The van der Waals surface area contributed by atoms with E-state index in [9.17, 15) is 9.59 Å². The molecule has 0 aliphatic carbocycles. The topological polar surface area (TPSA) is 69.3 Å². The first-order valence-corrected chi connectivity index (χ1v) is 8.26. The number of nitrogens with one attached hydrogen (secondary N) is 1. The van der Waals surface area contributed by atoms with E-state index in [1.54, 1.807) is 17.3 Å². The molecule has 6 heteroatoms. The van der Waals surface area contributed by atoms with Crippen molar-refractivity contribution in [2.45, 2.75) is 33.2 Å². The Kier molecular flexibility index (Phi) is 4.32. The van der Waals surface area contributed by atoms with Crippen LogP contribution in [0.1, 0.15) is 42.6 Å². The molecular formula is C17H22N4O2. The predicted molar refractivity (Wildman–Crippen MR) is 88.0 cm³/mol. The summed E-state index contributed by atoms with van der Waals surface area (Å²) in [5.74, 6) is -0.0422. The van der Waals surface area contributed by atoms with Crippen molar-refractivity contribution < 1.29 is 9.59 Å². The van der Waals surface area contributed by atoms with Crippen LogP contribution in [0.3, 0.4) is 0 Å². The number of rotatable bonds is 2. The fraction of sp³-hybridized carbons (Fsp3) is 0.471. The van der Waals surface area contributed by atoms with Crippen LogP contribution in [0.25, 0.3) is 11.0 Å². The van der Waals surface area contributed by atoms with Crippen LogP contribution in [-0.2, 0) is 11.3 Å². The summed E-state index contributed by atoms with van der Waals surface area (Å²) >= 11 is 0. The summed E-state index contributed by atoms with van der Waals surface area (Å²) in [6.07, 6.45) is 5.55. The van der Waals surface area contributed by atoms with Gasteiger partial charge in [-0.3, -0.25) is 9.59 Å². The van der Waals surface area contributed by atoms with Crippen LogP contribution in [0, 0.1) is 0 Å². The Hall–Kier alpha value is -2.37. The van der Waals surface area contributed by atoms with Crippen molar-refractivity contribution in [2.75, 3.05) is 19.6 Å². The average Bonchev–Trinajstić information content (AvgIpc) is 3.25. The average molecular weight is 314 g/mol. The molecule has 0 spiro atoms. The molecule has 1 saturated heterocycles. The highest BCUT2D eigenvalue weighted by Gasteiger charge is 2.30. The van der Waals surface area contributed by atoms with Crippen LogP contribution in [0.4, 0.5) is 0 Å². The second kappa shape index (κ2) is 6.40. The molecule has 6 nitrogen and oxygen atoms in total. The van der Waals surface area contributed by atoms with Gasteiger partial charge in [-0.1, -0.05) is 13.8 Å². The molecule has 2 aromatic rings. The molecular weight excluding hydrogens is 292 g/mol. The summed E-state index contributed by atoms with van der Waals surface area (Å²) in [4.78, 5) is 35.5. The fourth-order valence-electron chi connectivity index (χ4n) is 3.23. The zero-order chi connectivity index (χ0) is 16.4. The van der Waals surface area contributed by atoms with E-state index in [1.807, 2.05) is 24.8 Å². The lowest BCUT2D eigenvalue weighted by Crippen LogP contribution is -2.42. The Morgan fingerprint density at radius 3 is 2.78 bits per heavy atom. The first kappa shape index (κ1) is 15.5. The minimum atomic E-state index is -0.0886. The predicted octanol–water partition coefficient (Wildman–Crippen LogP) is 2.17. The van der Waals surface area contributed by atoms with Gasteiger partial charge < -0.3 is 14.8 Å². The van der Waals surface area contributed by atoms with Crippen molar-refractivity contribution in [1.82, 2.24) is 19.8 Å². The van der Waals surface area contributed by atoms with Gasteiger partial charge in [0.2, 0.25) is 5.91 Å². The summed E-state index contributed by atoms with van der Waals surface area (Å²) in [6, 6.07) is 1.92. The highest BCUT2D eigenvalue weighted by Crippen LogP contribution is 2.28. The monoisotopic (exact) mass is 314 g/mol. The van der Waals surface area contributed by atoms with Gasteiger partial charge in [-0.05, 0) is 24.5 Å². The van der Waals surface area contributed by atoms with Gasteiger partial charge in [0, 0.05) is 37.4 Å². The Morgan fingerprint density at radius 1 is 1.30 bits per heavy atom. The molecule has 0 unspecified atom stereocenters. The Bertz CT molecular complexity index is 731. The highest BCUT2D eigenvalue weighted by atomic mass is 16.2. The van der Waals surface area contributed by atoms with Crippen LogP contribution in [-0.4, -0.2) is 51.2 Å². The van der Waals surface area contributed by atoms with Gasteiger partial charge in [0.25, 0.3) is 5.91 Å². The maximum absolute atomic E-state index is 12.5. The van der Waals surface area contributed by atoms with Crippen molar-refractivity contribution in [3.05, 3.63) is 29.6 Å². The molecule has 0 saturated carbocycles. The normalized spacial score (nSPS) is 16.5. The third kappa shape index (κ3) is 2.69. The second-order valence-corrected chi connectivity index (χ2v) is 5.65. The zero-order valence-corrected chi connectivity index (χ0v) is 13.6. The molecule has 0 atom stereocenters. The van der Waals surface area contributed by atoms with E-state index in [-0.39, 0.29) is 18.4 Å². The molecule has 2 aromatic heterocycles. The smallest absolute Gasteiger partial charge is 0.256 e. The lowest BCUT2D eigenvalue weighted by Gasteiger charge is -2.28. The number of carbonyl (C=O) groups excluding carboxylic acids is 2. The Balaban J connectivity index is 0.000000753. The Morgan fingerprint density at radius 2 is 2.04 bits per heavy atom. The second-order valence-electron chi connectivity index (χ2n) is 5.65. The van der Waals surface area contributed by atoms with Gasteiger partial charge in [0.15, 0.2) is 0 Å². The van der Waals surface area contributed by atoms with Crippen LogP contribution in [0.15, 0.2) is 18.5 Å². The molecule has 4 rings (SSSR count). The maximum Gasteiger partial charge on any atom is 0.256 e. The maximum atomic E-state index is 12.5. The molecule has 23 heavy (non-hydrogen) atoms. The molecule has 0 bridgehead atoms. The number of pyridine rings is 1. The summed E-state index contributed by atoms with van der Waals surface area (Å²) in [5, 5.41) is 0.896. The lowest BCUT2D eigenvalue weighted by molar-refractivity contribution is -0.130. The van der Waals surface area contributed by atoms with E-state index in [0.29, 0.717) is 12.1 Å². The van der Waals surface area contributed by atoms with Crippen LogP contribution < -0.4 is 0 Å². The van der Waals surface area contributed by atoms with Crippen LogP contribution in [0.2, 0.25) is 0 Å². The number of likely N-dealkylation sites (tertiary alicyclic amines) is 1. The van der Waals surface area contributed by atoms with Gasteiger partial charge in [-0.25, -0.2) is 4.98 Å². The number of hydrogen-bond donors (Lipinski definition) is 1. The van der Waals surface area contributed by atoms with Crippen LogP contribution >= 0.6 is 0 Å². The van der Waals surface area contributed by atoms with Gasteiger partial charge in [-0.15, -0.1) is 0 Å². The molecule has 0 radical (unpaired) electrons. The fourth-order valence-corrected chi connectivity index (χ4v) is 3.23. The van der Waals surface area contributed by atoms with E-state index in [4.69, 9.17) is 0 Å². The molecule has 2 aliphatic rings. The van der Waals surface area contributed by atoms with Crippen molar-refractivity contribution in [2.24, 2.45) is 0 Å². The van der Waals surface area contributed by atoms with E-state index in [0.717, 1.165) is 42.5 Å². The zero-order valence-electron chi connectivity index (χ0n) is 13.6. The van der Waals surface area contributed by atoms with E-state index in [1.165, 1.54) is 0 Å². The highest BCUT2D eigenvalue weighted by molar-refractivity contribution is 6.09. The summed E-state index contributed by atoms with van der Waals surface area (Å²) < 4.78 is 0. The quantitative estimate of drug-likeness (QED) is 0.923. The van der Waals surface area contributed by atoms with E-state index in [2.05, 4.69) is 9.97 Å². The first-order valence-electron chi connectivity index (χ1n) is 8.26. The third-order valence-corrected chi connectivity index (χ3v) is 4.32. The van der Waals surface area contributed by atoms with Gasteiger partial charge in [-0.2, -0.15) is 0 Å². The number of hydrogen-bond acceptors (Lipinski definition) is 3. The molecule has 2 amide bonds. The van der Waals surface area contributed by atoms with E-state index < -0.39 is 0 Å². The minimum absolute atomic E-state index is 0.0464. The summed E-state index contributed by atoms with van der Waals surface area (Å²) in [5.41, 5.74) is 2.40. The molecule has 1 fully saturated rings. The SMILES string of the molecule is CC.O=C(CN1Cc2ccnc3[nH]cc(c23)C1=O)N1CCCC1. The number of H-pyrrole nitrogens is 1. The lowest BCUT2D eigenvalue weighted by atomic mass is 10.0. The first-order chi connectivity index (χ1) is 11.2. The number of amides is 2. The van der Waals surface area contributed by atoms with Crippen molar-refractivity contribution in [3.8, 4) is 0 Å². The number of aromatic amines is 1. The molecule has 0 aromatic carbocycles. The van der Waals surface area contributed by atoms with Crippen LogP contribution in [0.5, 0.6) is 0 Å². The standard InChI is InChI=1S/C15H16N4O2.C2H6/c20-12(18-5-1-2-6-18)9-19-8-10-3-4-16-14-13(10)11(7-17-14)15(19)21;1-2/h3-4,7H,1-2,5-6,8-9H2,(H,16,17);1-2H3. The molecule has 1 N–H and O–H groups in total. The number of aromatic nitrogens is 2. The number of nitrogens with zero attached hydrogens (tertiary/aromatic N) is 3. The van der Waals surface area contributed by atoms with Gasteiger partial charge in [0.1, 0.15) is 12.2 Å². The van der Waals surface area contributed by atoms with Gasteiger partial charge >= 0.3 is 0 Å². The third-order valence-electron chi connectivity index (χ3n) is 4.32. The summed E-state index contributed by atoms with van der Waals surface area (Å²) in [6.45, 7) is 6.26. The largest absolute Gasteiger partial charge is 0.345 e. The molecule has 4 heterocycles. The minimum Gasteiger partial charge on any atom is -0.345 e.